The highest BCUT2D eigenvalue weighted by atomic mass is 32.2. The summed E-state index contributed by atoms with van der Waals surface area (Å²) in [6.45, 7) is 2.59. The maximum Gasteiger partial charge on any atom is 0.251 e. The van der Waals surface area contributed by atoms with Crippen LogP contribution in [0.4, 0.5) is 0 Å². The Morgan fingerprint density at radius 1 is 1.40 bits per heavy atom. The van der Waals surface area contributed by atoms with Crippen LogP contribution in [0.15, 0.2) is 29.2 Å². The second kappa shape index (κ2) is 8.27. The molecule has 0 spiro atoms. The van der Waals surface area contributed by atoms with Crippen molar-refractivity contribution in [1.29, 1.82) is 0 Å². The number of likely N-dealkylation sites (N-methyl/N-ethyl adjacent to an activating group) is 1. The van der Waals surface area contributed by atoms with Crippen LogP contribution in [0, 0.1) is 0 Å². The van der Waals surface area contributed by atoms with Gasteiger partial charge in [-0.05, 0) is 45.1 Å². The summed E-state index contributed by atoms with van der Waals surface area (Å²) in [6.07, 6.45) is 1.39. The average molecular weight is 369 g/mol. The lowest BCUT2D eigenvalue weighted by Gasteiger charge is -2.23. The van der Waals surface area contributed by atoms with Crippen molar-refractivity contribution in [2.75, 3.05) is 33.8 Å². The second-order valence-corrected chi connectivity index (χ2v) is 8.44. The SMILES string of the molecule is CCCNC(=O)c1cccc(S(=O)(=O)N2C[C@H](N(C)C)C[C@H]2CO)c1. The zero-order chi connectivity index (χ0) is 18.6. The molecule has 1 aromatic carbocycles. The van der Waals surface area contributed by atoms with Gasteiger partial charge in [-0.25, -0.2) is 8.42 Å². The predicted octanol–water partition coefficient (Wildman–Crippen LogP) is 0.512. The van der Waals surface area contributed by atoms with Crippen molar-refractivity contribution >= 4 is 15.9 Å². The molecule has 0 saturated carbocycles. The van der Waals surface area contributed by atoms with Gasteiger partial charge in [-0.2, -0.15) is 4.31 Å². The van der Waals surface area contributed by atoms with Gasteiger partial charge in [0.25, 0.3) is 5.91 Å². The first kappa shape index (κ1) is 19.8. The van der Waals surface area contributed by atoms with Gasteiger partial charge in [0.1, 0.15) is 0 Å². The number of benzene rings is 1. The van der Waals surface area contributed by atoms with Crippen molar-refractivity contribution in [2.45, 2.75) is 36.7 Å². The van der Waals surface area contributed by atoms with E-state index < -0.39 is 16.1 Å². The van der Waals surface area contributed by atoms with Crippen LogP contribution in [0.3, 0.4) is 0 Å². The molecule has 1 aliphatic heterocycles. The highest BCUT2D eigenvalue weighted by molar-refractivity contribution is 7.89. The van der Waals surface area contributed by atoms with Crippen LogP contribution in [0.2, 0.25) is 0 Å². The first-order chi connectivity index (χ1) is 11.8. The van der Waals surface area contributed by atoms with Gasteiger partial charge in [0.05, 0.1) is 11.5 Å². The monoisotopic (exact) mass is 369 g/mol. The topological polar surface area (TPSA) is 90.0 Å². The summed E-state index contributed by atoms with van der Waals surface area (Å²) in [5, 5.41) is 12.3. The summed E-state index contributed by atoms with van der Waals surface area (Å²) in [4.78, 5) is 14.1. The molecule has 2 atom stereocenters. The lowest BCUT2D eigenvalue weighted by atomic mass is 10.2. The van der Waals surface area contributed by atoms with Crippen LogP contribution in [0.1, 0.15) is 30.1 Å². The molecule has 7 nitrogen and oxygen atoms in total. The van der Waals surface area contributed by atoms with E-state index in [9.17, 15) is 18.3 Å². The molecule has 1 heterocycles. The fraction of sp³-hybridized carbons (Fsp3) is 0.588. The van der Waals surface area contributed by atoms with Gasteiger partial charge in [-0.15, -0.1) is 0 Å². The minimum absolute atomic E-state index is 0.0583. The lowest BCUT2D eigenvalue weighted by molar-refractivity contribution is 0.0953. The molecule has 8 heteroatoms. The maximum atomic E-state index is 13.0. The van der Waals surface area contributed by atoms with Gasteiger partial charge < -0.3 is 15.3 Å². The summed E-state index contributed by atoms with van der Waals surface area (Å²) < 4.78 is 27.4. The fourth-order valence-corrected chi connectivity index (χ4v) is 4.68. The Labute approximate surface area is 149 Å². The lowest BCUT2D eigenvalue weighted by Crippen LogP contribution is -2.39. The molecule has 1 saturated heterocycles. The third-order valence-corrected chi connectivity index (χ3v) is 6.44. The third kappa shape index (κ3) is 4.38. The number of aliphatic hydroxyl groups is 1. The van der Waals surface area contributed by atoms with Crippen molar-refractivity contribution in [3.8, 4) is 0 Å². The van der Waals surface area contributed by atoms with Crippen LogP contribution in [0.25, 0.3) is 0 Å². The number of rotatable bonds is 7. The van der Waals surface area contributed by atoms with Crippen molar-refractivity contribution in [2.24, 2.45) is 0 Å². The number of aliphatic hydroxyl groups excluding tert-OH is 1. The first-order valence-electron chi connectivity index (χ1n) is 8.48. The van der Waals surface area contributed by atoms with Gasteiger partial charge in [0.2, 0.25) is 10.0 Å². The van der Waals surface area contributed by atoms with Crippen molar-refractivity contribution < 1.29 is 18.3 Å². The number of hydrogen-bond donors (Lipinski definition) is 2. The van der Waals surface area contributed by atoms with E-state index in [0.29, 0.717) is 25.1 Å². The Balaban J connectivity index is 2.28. The highest BCUT2D eigenvalue weighted by Gasteiger charge is 2.40. The predicted molar refractivity (Wildman–Crippen MR) is 95.9 cm³/mol. The van der Waals surface area contributed by atoms with E-state index in [4.69, 9.17) is 0 Å². The minimum atomic E-state index is -3.78. The van der Waals surface area contributed by atoms with Crippen LogP contribution in [-0.2, 0) is 10.0 Å². The number of nitrogens with zero attached hydrogens (tertiary/aromatic N) is 2. The van der Waals surface area contributed by atoms with E-state index in [0.717, 1.165) is 6.42 Å². The van der Waals surface area contributed by atoms with Gasteiger partial charge in [-0.3, -0.25) is 4.79 Å². The minimum Gasteiger partial charge on any atom is -0.395 e. The Bertz CT molecular complexity index is 706. The molecule has 1 fully saturated rings. The average Bonchev–Trinajstić information content (AvgIpc) is 3.05. The van der Waals surface area contributed by atoms with E-state index in [1.165, 1.54) is 16.4 Å². The van der Waals surface area contributed by atoms with Crippen molar-refractivity contribution in [3.05, 3.63) is 29.8 Å². The molecule has 1 aromatic rings. The molecule has 25 heavy (non-hydrogen) atoms. The van der Waals surface area contributed by atoms with Crippen LogP contribution in [0.5, 0.6) is 0 Å². The smallest absolute Gasteiger partial charge is 0.251 e. The number of hydrogen-bond acceptors (Lipinski definition) is 5. The van der Waals surface area contributed by atoms with Crippen molar-refractivity contribution in [3.63, 3.8) is 0 Å². The molecular weight excluding hydrogens is 342 g/mol. The van der Waals surface area contributed by atoms with Gasteiger partial charge in [0, 0.05) is 30.7 Å². The zero-order valence-corrected chi connectivity index (χ0v) is 15.8. The summed E-state index contributed by atoms with van der Waals surface area (Å²) in [7, 11) is 0.0172. The van der Waals surface area contributed by atoms with E-state index in [2.05, 4.69) is 5.32 Å². The number of nitrogens with one attached hydrogen (secondary N) is 1. The maximum absolute atomic E-state index is 13.0. The Morgan fingerprint density at radius 2 is 2.12 bits per heavy atom. The second-order valence-electron chi connectivity index (χ2n) is 6.55. The Hall–Kier alpha value is -1.48. The molecule has 0 aromatic heterocycles. The molecule has 1 amide bonds. The molecule has 2 rings (SSSR count). The summed E-state index contributed by atoms with van der Waals surface area (Å²) >= 11 is 0. The number of carbonyl (C=O) groups is 1. The van der Waals surface area contributed by atoms with Crippen LogP contribution >= 0.6 is 0 Å². The van der Waals surface area contributed by atoms with E-state index in [-0.39, 0.29) is 23.5 Å². The standard InChI is InChI=1S/C17H27N3O4S/c1-4-8-18-17(22)13-6-5-7-16(9-13)25(23,24)20-11-14(19(2)3)10-15(20)12-21/h5-7,9,14-15,21H,4,8,10-12H2,1-3H3,(H,18,22)/t14-,15+/m1/s1. The van der Waals surface area contributed by atoms with Crippen molar-refractivity contribution in [1.82, 2.24) is 14.5 Å². The molecule has 0 radical (unpaired) electrons. The zero-order valence-electron chi connectivity index (χ0n) is 15.0. The molecule has 0 bridgehead atoms. The Morgan fingerprint density at radius 3 is 2.72 bits per heavy atom. The normalized spacial score (nSPS) is 21.6. The third-order valence-electron chi connectivity index (χ3n) is 4.52. The van der Waals surface area contributed by atoms with E-state index >= 15 is 0 Å². The van der Waals surface area contributed by atoms with Gasteiger partial charge in [-0.1, -0.05) is 13.0 Å². The molecule has 2 N–H and O–H groups in total. The quantitative estimate of drug-likeness (QED) is 0.731. The van der Waals surface area contributed by atoms with Gasteiger partial charge >= 0.3 is 0 Å². The number of sulfonamides is 1. The molecule has 1 aliphatic rings. The van der Waals surface area contributed by atoms with E-state index in [1.807, 2.05) is 25.9 Å². The molecule has 0 unspecified atom stereocenters. The summed E-state index contributed by atoms with van der Waals surface area (Å²) in [5.74, 6) is -0.287. The summed E-state index contributed by atoms with van der Waals surface area (Å²) in [6, 6.07) is 5.67. The summed E-state index contributed by atoms with van der Waals surface area (Å²) in [5.41, 5.74) is 0.318. The molecule has 0 aliphatic carbocycles. The molecule has 140 valence electrons. The fourth-order valence-electron chi connectivity index (χ4n) is 2.97. The van der Waals surface area contributed by atoms with Gasteiger partial charge in [0.15, 0.2) is 0 Å². The van der Waals surface area contributed by atoms with Crippen LogP contribution in [-0.4, -0.2) is 74.5 Å². The Kier molecular flexibility index (Phi) is 6.56. The van der Waals surface area contributed by atoms with Crippen LogP contribution < -0.4 is 5.32 Å². The highest BCUT2D eigenvalue weighted by Crippen LogP contribution is 2.28. The number of amides is 1. The largest absolute Gasteiger partial charge is 0.395 e. The van der Waals surface area contributed by atoms with E-state index in [1.54, 1.807) is 12.1 Å². The first-order valence-corrected chi connectivity index (χ1v) is 9.92. The number of carbonyl (C=O) groups excluding carboxylic acids is 1. The molecular formula is C17H27N3O4S.